The Morgan fingerprint density at radius 1 is 1.20 bits per heavy atom. The fraction of sp³-hybridized carbons (Fsp3) is 0.500. The van der Waals surface area contributed by atoms with Crippen LogP contribution in [-0.2, 0) is 6.54 Å². The first-order chi connectivity index (χ1) is 11.7. The summed E-state index contributed by atoms with van der Waals surface area (Å²) in [6, 6.07) is 5.43. The molecular weight excluding hydrogens is 346 g/mol. The topological polar surface area (TPSA) is 33.1 Å². The van der Waals surface area contributed by atoms with Gasteiger partial charge in [-0.05, 0) is 63.1 Å². The molecule has 0 saturated carbocycles. The van der Waals surface area contributed by atoms with Crippen molar-refractivity contribution in [3.63, 3.8) is 0 Å². The van der Waals surface area contributed by atoms with Gasteiger partial charge in [-0.2, -0.15) is 5.10 Å². The van der Waals surface area contributed by atoms with E-state index in [1.807, 2.05) is 6.07 Å². The van der Waals surface area contributed by atoms with E-state index in [9.17, 15) is 8.78 Å². The molecule has 0 aliphatic carbocycles. The standard InChI is InChI=1S/C18H24F2N4.ClH/c1-2-21-12-14-5-8-23(9-6-14)13-16-7-10-24(22-16)18-4-3-15(19)11-17(18)20;/h3-4,7,10-11,14,21H,2,5-6,8-9,12-13H2,1H3;1H. The molecule has 1 N–H and O–H groups in total. The zero-order valence-corrected chi connectivity index (χ0v) is 15.2. The second kappa shape index (κ2) is 9.27. The summed E-state index contributed by atoms with van der Waals surface area (Å²) in [5, 5.41) is 7.85. The van der Waals surface area contributed by atoms with Crippen LogP contribution in [-0.4, -0.2) is 40.9 Å². The predicted octanol–water partition coefficient (Wildman–Crippen LogP) is 3.39. The normalized spacial score (nSPS) is 16.0. The number of rotatable bonds is 6. The van der Waals surface area contributed by atoms with Gasteiger partial charge in [0.2, 0.25) is 0 Å². The van der Waals surface area contributed by atoms with E-state index in [4.69, 9.17) is 0 Å². The summed E-state index contributed by atoms with van der Waals surface area (Å²) >= 11 is 0. The molecule has 2 heterocycles. The minimum atomic E-state index is -0.603. The highest BCUT2D eigenvalue weighted by Crippen LogP contribution is 2.19. The van der Waals surface area contributed by atoms with Gasteiger partial charge in [0.15, 0.2) is 5.82 Å². The first kappa shape index (κ1) is 19.8. The van der Waals surface area contributed by atoms with Crippen LogP contribution in [0.5, 0.6) is 0 Å². The SMILES string of the molecule is CCNCC1CCN(Cc2ccn(-c3ccc(F)cc3F)n2)CC1.Cl. The lowest BCUT2D eigenvalue weighted by Crippen LogP contribution is -2.37. The van der Waals surface area contributed by atoms with Crippen molar-refractivity contribution >= 4 is 12.4 Å². The number of hydrogen-bond donors (Lipinski definition) is 1. The van der Waals surface area contributed by atoms with Crippen LogP contribution in [0, 0.1) is 17.6 Å². The molecule has 0 radical (unpaired) electrons. The third-order valence-corrected chi connectivity index (χ3v) is 4.58. The Morgan fingerprint density at radius 2 is 1.96 bits per heavy atom. The third kappa shape index (κ3) is 5.23. The smallest absolute Gasteiger partial charge is 0.151 e. The molecule has 0 bridgehead atoms. The van der Waals surface area contributed by atoms with Gasteiger partial charge < -0.3 is 5.32 Å². The Hall–Kier alpha value is -1.50. The molecule has 3 rings (SSSR count). The molecule has 1 fully saturated rings. The van der Waals surface area contributed by atoms with Crippen molar-refractivity contribution in [1.29, 1.82) is 0 Å². The molecule has 7 heteroatoms. The number of benzene rings is 1. The highest BCUT2D eigenvalue weighted by molar-refractivity contribution is 5.85. The molecule has 1 aromatic carbocycles. The zero-order chi connectivity index (χ0) is 16.9. The Labute approximate surface area is 153 Å². The number of nitrogens with one attached hydrogen (secondary N) is 1. The van der Waals surface area contributed by atoms with Gasteiger partial charge in [0.1, 0.15) is 11.5 Å². The predicted molar refractivity (Wildman–Crippen MR) is 97.3 cm³/mol. The Morgan fingerprint density at radius 3 is 2.64 bits per heavy atom. The maximum absolute atomic E-state index is 13.8. The van der Waals surface area contributed by atoms with Crippen molar-refractivity contribution < 1.29 is 8.78 Å². The number of halogens is 3. The molecular formula is C18H25ClF2N4. The Bertz CT molecular complexity index is 669. The van der Waals surface area contributed by atoms with Crippen molar-refractivity contribution in [2.45, 2.75) is 26.3 Å². The largest absolute Gasteiger partial charge is 0.317 e. The van der Waals surface area contributed by atoms with E-state index in [-0.39, 0.29) is 18.1 Å². The molecule has 1 aliphatic rings. The lowest BCUT2D eigenvalue weighted by molar-refractivity contribution is 0.174. The Balaban J connectivity index is 0.00000225. The van der Waals surface area contributed by atoms with Crippen molar-refractivity contribution in [1.82, 2.24) is 20.0 Å². The van der Waals surface area contributed by atoms with Crippen LogP contribution in [0.3, 0.4) is 0 Å². The molecule has 2 aromatic rings. The summed E-state index contributed by atoms with van der Waals surface area (Å²) in [5.41, 5.74) is 1.18. The lowest BCUT2D eigenvalue weighted by atomic mass is 9.97. The molecule has 0 spiro atoms. The molecule has 1 aromatic heterocycles. The molecule has 1 aliphatic heterocycles. The average molecular weight is 371 g/mol. The van der Waals surface area contributed by atoms with Crippen LogP contribution in [0.2, 0.25) is 0 Å². The second-order valence-electron chi connectivity index (χ2n) is 6.37. The third-order valence-electron chi connectivity index (χ3n) is 4.58. The van der Waals surface area contributed by atoms with Gasteiger partial charge in [0.05, 0.1) is 5.69 Å². The number of piperidine rings is 1. The van der Waals surface area contributed by atoms with Gasteiger partial charge in [-0.25, -0.2) is 13.5 Å². The van der Waals surface area contributed by atoms with Crippen molar-refractivity contribution in [3.8, 4) is 5.69 Å². The maximum Gasteiger partial charge on any atom is 0.151 e. The first-order valence-electron chi connectivity index (χ1n) is 8.58. The van der Waals surface area contributed by atoms with Crippen LogP contribution in [0.1, 0.15) is 25.5 Å². The van der Waals surface area contributed by atoms with E-state index < -0.39 is 11.6 Å². The summed E-state index contributed by atoms with van der Waals surface area (Å²) in [5.74, 6) is -0.426. The van der Waals surface area contributed by atoms with Gasteiger partial charge in [-0.15, -0.1) is 12.4 Å². The van der Waals surface area contributed by atoms with E-state index >= 15 is 0 Å². The van der Waals surface area contributed by atoms with Gasteiger partial charge in [0, 0.05) is 18.8 Å². The van der Waals surface area contributed by atoms with Crippen LogP contribution in [0.25, 0.3) is 5.69 Å². The molecule has 1 saturated heterocycles. The first-order valence-corrected chi connectivity index (χ1v) is 8.58. The van der Waals surface area contributed by atoms with E-state index in [1.165, 1.54) is 29.7 Å². The molecule has 0 amide bonds. The van der Waals surface area contributed by atoms with Crippen molar-refractivity contribution in [3.05, 3.63) is 47.8 Å². The van der Waals surface area contributed by atoms with Crippen LogP contribution >= 0.6 is 12.4 Å². The minimum absolute atomic E-state index is 0. The monoisotopic (exact) mass is 370 g/mol. The van der Waals surface area contributed by atoms with Crippen molar-refractivity contribution in [2.75, 3.05) is 26.2 Å². The van der Waals surface area contributed by atoms with E-state index in [1.54, 1.807) is 6.20 Å². The zero-order valence-electron chi connectivity index (χ0n) is 14.4. The lowest BCUT2D eigenvalue weighted by Gasteiger charge is -2.31. The van der Waals surface area contributed by atoms with E-state index in [2.05, 4.69) is 22.2 Å². The summed E-state index contributed by atoms with van der Waals surface area (Å²) in [6.07, 6.45) is 4.12. The molecule has 0 unspecified atom stereocenters. The number of likely N-dealkylation sites (tertiary alicyclic amines) is 1. The maximum atomic E-state index is 13.8. The van der Waals surface area contributed by atoms with Gasteiger partial charge in [0.25, 0.3) is 0 Å². The fourth-order valence-electron chi connectivity index (χ4n) is 3.17. The summed E-state index contributed by atoms with van der Waals surface area (Å²) < 4.78 is 28.3. The summed E-state index contributed by atoms with van der Waals surface area (Å²) in [4.78, 5) is 2.39. The molecule has 0 atom stereocenters. The van der Waals surface area contributed by atoms with Crippen LogP contribution in [0.15, 0.2) is 30.5 Å². The van der Waals surface area contributed by atoms with Crippen LogP contribution in [0.4, 0.5) is 8.78 Å². The number of hydrogen-bond acceptors (Lipinski definition) is 3. The number of aromatic nitrogens is 2. The molecule has 138 valence electrons. The van der Waals surface area contributed by atoms with E-state index in [0.29, 0.717) is 0 Å². The van der Waals surface area contributed by atoms with Gasteiger partial charge in [-0.1, -0.05) is 6.92 Å². The van der Waals surface area contributed by atoms with E-state index in [0.717, 1.165) is 50.4 Å². The minimum Gasteiger partial charge on any atom is -0.317 e. The highest BCUT2D eigenvalue weighted by atomic mass is 35.5. The van der Waals surface area contributed by atoms with Crippen LogP contribution < -0.4 is 5.32 Å². The average Bonchev–Trinajstić information content (AvgIpc) is 3.02. The fourth-order valence-corrected chi connectivity index (χ4v) is 3.17. The van der Waals surface area contributed by atoms with Gasteiger partial charge in [-0.3, -0.25) is 4.90 Å². The highest BCUT2D eigenvalue weighted by Gasteiger charge is 2.19. The Kier molecular flexibility index (Phi) is 7.35. The number of nitrogens with zero attached hydrogens (tertiary/aromatic N) is 3. The van der Waals surface area contributed by atoms with Gasteiger partial charge >= 0.3 is 0 Å². The molecule has 25 heavy (non-hydrogen) atoms. The summed E-state index contributed by atoms with van der Waals surface area (Å²) in [7, 11) is 0. The molecule has 4 nitrogen and oxygen atoms in total. The van der Waals surface area contributed by atoms with Crippen molar-refractivity contribution in [2.24, 2.45) is 5.92 Å². The summed E-state index contributed by atoms with van der Waals surface area (Å²) in [6.45, 7) is 7.15. The second-order valence-corrected chi connectivity index (χ2v) is 6.37. The quantitative estimate of drug-likeness (QED) is 0.846.